The van der Waals surface area contributed by atoms with Crippen molar-refractivity contribution in [1.82, 2.24) is 5.32 Å². The van der Waals surface area contributed by atoms with Gasteiger partial charge in [0.25, 0.3) is 0 Å². The lowest BCUT2D eigenvalue weighted by molar-refractivity contribution is -0.00000539. The summed E-state index contributed by atoms with van der Waals surface area (Å²) < 4.78 is 18.6. The summed E-state index contributed by atoms with van der Waals surface area (Å²) in [5, 5.41) is 3.29. The number of rotatable bonds is 5. The maximum absolute atomic E-state index is 12.8. The third-order valence-corrected chi connectivity index (χ3v) is 3.26. The van der Waals surface area contributed by atoms with Crippen molar-refractivity contribution in [3.8, 4) is 11.3 Å². The number of nitrogens with one attached hydrogen (secondary N) is 1. The Morgan fingerprint density at radius 3 is 2.27 bits per heavy atom. The van der Waals surface area contributed by atoms with Crippen LogP contribution in [0.1, 0.15) is 11.3 Å². The Morgan fingerprint density at radius 2 is 1.55 bits per heavy atom. The molecule has 4 heteroatoms. The standard InChI is InChI=1S/C18H16FNO.ClH/c19-16-8-6-14(7-9-16)12-20-13-17-10-11-18(21-17)15-4-2-1-3-5-15;/h1-11,20H,12-13H2;1H/p-1. The van der Waals surface area contributed by atoms with Gasteiger partial charge in [-0.15, -0.1) is 0 Å². The van der Waals surface area contributed by atoms with E-state index in [0.29, 0.717) is 13.1 Å². The van der Waals surface area contributed by atoms with Crippen LogP contribution in [0.5, 0.6) is 0 Å². The minimum absolute atomic E-state index is 0. The predicted octanol–water partition coefficient (Wildman–Crippen LogP) is 1.38. The Morgan fingerprint density at radius 1 is 0.818 bits per heavy atom. The topological polar surface area (TPSA) is 25.2 Å². The van der Waals surface area contributed by atoms with E-state index in [2.05, 4.69) is 5.32 Å². The molecular weight excluding hydrogens is 301 g/mol. The molecule has 1 aromatic heterocycles. The van der Waals surface area contributed by atoms with Crippen LogP contribution < -0.4 is 17.7 Å². The van der Waals surface area contributed by atoms with Crippen LogP contribution in [0, 0.1) is 5.82 Å². The second-order valence-electron chi connectivity index (χ2n) is 4.86. The van der Waals surface area contributed by atoms with Gasteiger partial charge < -0.3 is 22.1 Å². The Kier molecular flexibility index (Phi) is 5.75. The van der Waals surface area contributed by atoms with Crippen molar-refractivity contribution in [2.45, 2.75) is 13.1 Å². The van der Waals surface area contributed by atoms with Crippen molar-refractivity contribution in [2.75, 3.05) is 0 Å². The number of hydrogen-bond acceptors (Lipinski definition) is 2. The van der Waals surface area contributed by atoms with E-state index in [0.717, 1.165) is 22.6 Å². The van der Waals surface area contributed by atoms with Crippen LogP contribution in [-0.2, 0) is 13.1 Å². The van der Waals surface area contributed by atoms with Crippen LogP contribution in [-0.4, -0.2) is 0 Å². The molecule has 0 bridgehead atoms. The molecule has 3 rings (SSSR count). The Balaban J connectivity index is 0.00000176. The van der Waals surface area contributed by atoms with E-state index in [1.54, 1.807) is 12.1 Å². The lowest BCUT2D eigenvalue weighted by Crippen LogP contribution is -3.00. The van der Waals surface area contributed by atoms with Crippen LogP contribution in [0.15, 0.2) is 71.1 Å². The number of furan rings is 1. The molecule has 0 atom stereocenters. The van der Waals surface area contributed by atoms with Gasteiger partial charge in [-0.3, -0.25) is 0 Å². The summed E-state index contributed by atoms with van der Waals surface area (Å²) in [6.45, 7) is 1.33. The molecule has 0 aliphatic carbocycles. The van der Waals surface area contributed by atoms with Crippen LogP contribution in [0.3, 0.4) is 0 Å². The van der Waals surface area contributed by atoms with Crippen LogP contribution in [0.4, 0.5) is 4.39 Å². The number of benzene rings is 2. The van der Waals surface area contributed by atoms with E-state index in [-0.39, 0.29) is 18.2 Å². The SMILES string of the molecule is Fc1ccc(CNCc2ccc(-c3ccccc3)o2)cc1.[Cl-]. The Bertz CT molecular complexity index is 695. The van der Waals surface area contributed by atoms with Crippen molar-refractivity contribution in [3.63, 3.8) is 0 Å². The van der Waals surface area contributed by atoms with Gasteiger partial charge >= 0.3 is 0 Å². The highest BCUT2D eigenvalue weighted by molar-refractivity contribution is 5.57. The molecule has 1 N–H and O–H groups in total. The summed E-state index contributed by atoms with van der Waals surface area (Å²) in [5.74, 6) is 1.54. The molecule has 0 unspecified atom stereocenters. The molecule has 0 saturated carbocycles. The zero-order chi connectivity index (χ0) is 14.5. The fourth-order valence-corrected chi connectivity index (χ4v) is 2.16. The molecule has 2 nitrogen and oxygen atoms in total. The second-order valence-corrected chi connectivity index (χ2v) is 4.86. The van der Waals surface area contributed by atoms with Gasteiger partial charge in [0, 0.05) is 12.1 Å². The fraction of sp³-hybridized carbons (Fsp3) is 0.111. The molecule has 1 heterocycles. The molecule has 0 fully saturated rings. The highest BCUT2D eigenvalue weighted by atomic mass is 35.5. The first kappa shape index (κ1) is 16.3. The molecule has 0 spiro atoms. The van der Waals surface area contributed by atoms with Gasteiger partial charge in [-0.1, -0.05) is 42.5 Å². The summed E-state index contributed by atoms with van der Waals surface area (Å²) in [5.41, 5.74) is 2.12. The molecule has 3 aromatic rings. The lowest BCUT2D eigenvalue weighted by Gasteiger charge is -2.03. The quantitative estimate of drug-likeness (QED) is 0.769. The summed E-state index contributed by atoms with van der Waals surface area (Å²) in [6, 6.07) is 20.5. The third-order valence-electron chi connectivity index (χ3n) is 3.26. The van der Waals surface area contributed by atoms with E-state index in [1.807, 2.05) is 42.5 Å². The van der Waals surface area contributed by atoms with Crippen molar-refractivity contribution < 1.29 is 21.2 Å². The van der Waals surface area contributed by atoms with Crippen molar-refractivity contribution in [2.24, 2.45) is 0 Å². The zero-order valence-corrected chi connectivity index (χ0v) is 12.7. The lowest BCUT2D eigenvalue weighted by atomic mass is 10.2. The Hall–Kier alpha value is -2.10. The summed E-state index contributed by atoms with van der Waals surface area (Å²) in [6.07, 6.45) is 0. The molecule has 0 radical (unpaired) electrons. The average molecular weight is 317 g/mol. The normalized spacial score (nSPS) is 10.2. The van der Waals surface area contributed by atoms with Gasteiger partial charge in [0.1, 0.15) is 17.3 Å². The molecule has 0 saturated heterocycles. The highest BCUT2D eigenvalue weighted by Gasteiger charge is 2.04. The summed E-state index contributed by atoms with van der Waals surface area (Å²) in [4.78, 5) is 0. The first-order valence-electron chi connectivity index (χ1n) is 6.90. The molecular formula is C18H16ClFNO-. The van der Waals surface area contributed by atoms with Crippen LogP contribution in [0.2, 0.25) is 0 Å². The van der Waals surface area contributed by atoms with Crippen molar-refractivity contribution in [1.29, 1.82) is 0 Å². The van der Waals surface area contributed by atoms with E-state index >= 15 is 0 Å². The third kappa shape index (κ3) is 4.20. The molecule has 0 aliphatic rings. The largest absolute Gasteiger partial charge is 1.00 e. The van der Waals surface area contributed by atoms with Gasteiger partial charge in [0.15, 0.2) is 0 Å². The van der Waals surface area contributed by atoms with Crippen LogP contribution in [0.25, 0.3) is 11.3 Å². The fourth-order valence-electron chi connectivity index (χ4n) is 2.16. The van der Waals surface area contributed by atoms with Gasteiger partial charge in [0.2, 0.25) is 0 Å². The average Bonchev–Trinajstić information content (AvgIpc) is 2.99. The molecule has 2 aromatic carbocycles. The zero-order valence-electron chi connectivity index (χ0n) is 11.9. The van der Waals surface area contributed by atoms with Gasteiger partial charge in [-0.25, -0.2) is 4.39 Å². The maximum Gasteiger partial charge on any atom is 0.134 e. The minimum atomic E-state index is -0.211. The van der Waals surface area contributed by atoms with Gasteiger partial charge in [0.05, 0.1) is 6.54 Å². The molecule has 0 aliphatic heterocycles. The smallest absolute Gasteiger partial charge is 0.134 e. The highest BCUT2D eigenvalue weighted by Crippen LogP contribution is 2.21. The van der Waals surface area contributed by atoms with E-state index in [1.165, 1.54) is 12.1 Å². The van der Waals surface area contributed by atoms with E-state index in [9.17, 15) is 4.39 Å². The van der Waals surface area contributed by atoms with Gasteiger partial charge in [-0.2, -0.15) is 0 Å². The second kappa shape index (κ2) is 7.78. The Labute approximate surface area is 135 Å². The maximum atomic E-state index is 12.8. The minimum Gasteiger partial charge on any atom is -1.00 e. The summed E-state index contributed by atoms with van der Waals surface area (Å²) >= 11 is 0. The monoisotopic (exact) mass is 316 g/mol. The van der Waals surface area contributed by atoms with E-state index in [4.69, 9.17) is 4.42 Å². The summed E-state index contributed by atoms with van der Waals surface area (Å²) in [7, 11) is 0. The molecule has 22 heavy (non-hydrogen) atoms. The van der Waals surface area contributed by atoms with Crippen LogP contribution >= 0.6 is 0 Å². The number of halogens is 2. The predicted molar refractivity (Wildman–Crippen MR) is 81.1 cm³/mol. The van der Waals surface area contributed by atoms with E-state index < -0.39 is 0 Å². The number of hydrogen-bond donors (Lipinski definition) is 1. The van der Waals surface area contributed by atoms with Gasteiger partial charge in [-0.05, 0) is 29.8 Å². The first-order valence-corrected chi connectivity index (χ1v) is 6.90. The van der Waals surface area contributed by atoms with Crippen molar-refractivity contribution in [3.05, 3.63) is 83.9 Å². The first-order chi connectivity index (χ1) is 10.3. The van der Waals surface area contributed by atoms with Crippen molar-refractivity contribution >= 4 is 0 Å². The molecule has 114 valence electrons. The molecule has 0 amide bonds.